The molecule has 1 aromatic carbocycles. The topological polar surface area (TPSA) is 26.3 Å². The molecule has 0 aliphatic carbocycles. The quantitative estimate of drug-likeness (QED) is 0.786. The Labute approximate surface area is 106 Å². The Balaban J connectivity index is 3.20. The van der Waals surface area contributed by atoms with Gasteiger partial charge in [-0.15, -0.1) is 0 Å². The van der Waals surface area contributed by atoms with Crippen molar-refractivity contribution >= 4 is 43.7 Å². The standard InChI is InChI=1S/C11H10Br2O2/c1-7(14)3-4-8-5-9(12)6-10(13)11(8)15-2/h3-6H,1-2H3. The number of methoxy groups -OCH3 is 1. The van der Waals surface area contributed by atoms with E-state index in [1.165, 1.54) is 13.0 Å². The van der Waals surface area contributed by atoms with Crippen LogP contribution in [-0.2, 0) is 4.79 Å². The van der Waals surface area contributed by atoms with Crippen LogP contribution in [-0.4, -0.2) is 12.9 Å². The third kappa shape index (κ3) is 3.47. The van der Waals surface area contributed by atoms with Gasteiger partial charge in [-0.05, 0) is 47.1 Å². The van der Waals surface area contributed by atoms with Crippen LogP contribution < -0.4 is 4.74 Å². The summed E-state index contributed by atoms with van der Waals surface area (Å²) in [5.74, 6) is 0.726. The first-order chi connectivity index (χ1) is 7.04. The first-order valence-electron chi connectivity index (χ1n) is 4.26. The second-order valence-electron chi connectivity index (χ2n) is 2.95. The number of hydrogen-bond acceptors (Lipinski definition) is 2. The molecule has 80 valence electrons. The molecule has 0 unspecified atom stereocenters. The summed E-state index contributed by atoms with van der Waals surface area (Å²) in [5.41, 5.74) is 0.856. The lowest BCUT2D eigenvalue weighted by atomic mass is 10.2. The smallest absolute Gasteiger partial charge is 0.152 e. The number of ketones is 1. The van der Waals surface area contributed by atoms with Crippen LogP contribution in [0.4, 0.5) is 0 Å². The molecule has 15 heavy (non-hydrogen) atoms. The van der Waals surface area contributed by atoms with Crippen LogP contribution in [0.2, 0.25) is 0 Å². The number of ether oxygens (including phenoxy) is 1. The van der Waals surface area contributed by atoms with Crippen LogP contribution >= 0.6 is 31.9 Å². The van der Waals surface area contributed by atoms with Gasteiger partial charge in [0.1, 0.15) is 5.75 Å². The highest BCUT2D eigenvalue weighted by atomic mass is 79.9. The Hall–Kier alpha value is -0.610. The molecule has 2 nitrogen and oxygen atoms in total. The van der Waals surface area contributed by atoms with Crippen LogP contribution in [0.1, 0.15) is 12.5 Å². The first-order valence-corrected chi connectivity index (χ1v) is 5.85. The molecule has 4 heteroatoms. The minimum atomic E-state index is 0.00755. The summed E-state index contributed by atoms with van der Waals surface area (Å²) in [6.07, 6.45) is 3.24. The lowest BCUT2D eigenvalue weighted by Crippen LogP contribution is -1.89. The zero-order valence-corrected chi connectivity index (χ0v) is 11.6. The normalized spacial score (nSPS) is 10.7. The predicted octanol–water partition coefficient (Wildman–Crippen LogP) is 3.82. The van der Waals surface area contributed by atoms with E-state index in [2.05, 4.69) is 31.9 Å². The Kier molecular flexibility index (Phi) is 4.54. The summed E-state index contributed by atoms with van der Waals surface area (Å²) < 4.78 is 7.01. The predicted molar refractivity (Wildman–Crippen MR) is 68.1 cm³/mol. The van der Waals surface area contributed by atoms with Gasteiger partial charge in [0, 0.05) is 10.0 Å². The van der Waals surface area contributed by atoms with Gasteiger partial charge in [0.15, 0.2) is 5.78 Å². The number of carbonyl (C=O) groups excluding carboxylic acids is 1. The van der Waals surface area contributed by atoms with Crippen LogP contribution in [0, 0.1) is 0 Å². The van der Waals surface area contributed by atoms with Crippen molar-refractivity contribution in [2.75, 3.05) is 7.11 Å². The van der Waals surface area contributed by atoms with Crippen molar-refractivity contribution in [1.82, 2.24) is 0 Å². The third-order valence-corrected chi connectivity index (χ3v) is 2.79. The summed E-state index contributed by atoms with van der Waals surface area (Å²) in [7, 11) is 1.60. The lowest BCUT2D eigenvalue weighted by Gasteiger charge is -2.07. The first kappa shape index (κ1) is 12.5. The van der Waals surface area contributed by atoms with Crippen molar-refractivity contribution in [3.05, 3.63) is 32.7 Å². The fourth-order valence-corrected chi connectivity index (χ4v) is 2.55. The summed E-state index contributed by atoms with van der Waals surface area (Å²) >= 11 is 6.77. The molecule has 0 radical (unpaired) electrons. The summed E-state index contributed by atoms with van der Waals surface area (Å²) in [6, 6.07) is 3.78. The van der Waals surface area contributed by atoms with Gasteiger partial charge < -0.3 is 4.74 Å². The van der Waals surface area contributed by atoms with Gasteiger partial charge in [-0.2, -0.15) is 0 Å². The fourth-order valence-electron chi connectivity index (χ4n) is 1.13. The van der Waals surface area contributed by atoms with E-state index < -0.39 is 0 Å². The maximum atomic E-state index is 10.8. The number of carbonyl (C=O) groups is 1. The van der Waals surface area contributed by atoms with Crippen molar-refractivity contribution in [3.8, 4) is 5.75 Å². The molecule has 0 N–H and O–H groups in total. The average molecular weight is 334 g/mol. The largest absolute Gasteiger partial charge is 0.495 e. The molecule has 0 amide bonds. The molecular weight excluding hydrogens is 324 g/mol. The van der Waals surface area contributed by atoms with Gasteiger partial charge in [-0.1, -0.05) is 15.9 Å². The van der Waals surface area contributed by atoms with E-state index >= 15 is 0 Å². The number of benzene rings is 1. The lowest BCUT2D eigenvalue weighted by molar-refractivity contribution is -0.112. The number of rotatable bonds is 3. The van der Waals surface area contributed by atoms with Crippen molar-refractivity contribution in [1.29, 1.82) is 0 Å². The Morgan fingerprint density at radius 1 is 1.40 bits per heavy atom. The second kappa shape index (κ2) is 5.47. The van der Waals surface area contributed by atoms with Gasteiger partial charge in [-0.25, -0.2) is 0 Å². The second-order valence-corrected chi connectivity index (χ2v) is 4.72. The maximum Gasteiger partial charge on any atom is 0.152 e. The highest BCUT2D eigenvalue weighted by Gasteiger charge is 2.06. The van der Waals surface area contributed by atoms with E-state index in [0.29, 0.717) is 0 Å². The van der Waals surface area contributed by atoms with E-state index in [1.807, 2.05) is 12.1 Å². The van der Waals surface area contributed by atoms with E-state index in [-0.39, 0.29) is 5.78 Å². The third-order valence-electron chi connectivity index (χ3n) is 1.74. The molecule has 0 heterocycles. The molecule has 0 aliphatic heterocycles. The van der Waals surface area contributed by atoms with Crippen LogP contribution in [0.5, 0.6) is 5.75 Å². The van der Waals surface area contributed by atoms with Gasteiger partial charge in [-0.3, -0.25) is 4.79 Å². The maximum absolute atomic E-state index is 10.8. The van der Waals surface area contributed by atoms with Crippen LogP contribution in [0.15, 0.2) is 27.2 Å². The zero-order chi connectivity index (χ0) is 11.4. The SMILES string of the molecule is COc1c(Br)cc(Br)cc1C=CC(C)=O. The van der Waals surface area contributed by atoms with Crippen molar-refractivity contribution in [2.24, 2.45) is 0 Å². The summed E-state index contributed by atoms with van der Waals surface area (Å²) in [6.45, 7) is 1.51. The van der Waals surface area contributed by atoms with E-state index in [4.69, 9.17) is 4.74 Å². The zero-order valence-electron chi connectivity index (χ0n) is 8.38. The van der Waals surface area contributed by atoms with E-state index in [1.54, 1.807) is 13.2 Å². The molecule has 0 spiro atoms. The van der Waals surface area contributed by atoms with Crippen molar-refractivity contribution in [3.63, 3.8) is 0 Å². The molecule has 0 saturated heterocycles. The highest BCUT2D eigenvalue weighted by molar-refractivity contribution is 9.11. The number of halogens is 2. The van der Waals surface area contributed by atoms with Gasteiger partial charge in [0.2, 0.25) is 0 Å². The Morgan fingerprint density at radius 3 is 2.60 bits per heavy atom. The number of allylic oxidation sites excluding steroid dienone is 1. The van der Waals surface area contributed by atoms with Gasteiger partial charge in [0.05, 0.1) is 11.6 Å². The van der Waals surface area contributed by atoms with Crippen LogP contribution in [0.3, 0.4) is 0 Å². The van der Waals surface area contributed by atoms with Crippen molar-refractivity contribution < 1.29 is 9.53 Å². The van der Waals surface area contributed by atoms with Crippen molar-refractivity contribution in [2.45, 2.75) is 6.92 Å². The monoisotopic (exact) mass is 332 g/mol. The molecule has 0 atom stereocenters. The Morgan fingerprint density at radius 2 is 2.07 bits per heavy atom. The van der Waals surface area contributed by atoms with Crippen LogP contribution in [0.25, 0.3) is 6.08 Å². The fraction of sp³-hybridized carbons (Fsp3) is 0.182. The highest BCUT2D eigenvalue weighted by Crippen LogP contribution is 2.33. The molecule has 0 aromatic heterocycles. The summed E-state index contributed by atoms with van der Waals surface area (Å²) in [5, 5.41) is 0. The molecule has 0 saturated carbocycles. The van der Waals surface area contributed by atoms with E-state index in [0.717, 1.165) is 20.3 Å². The minimum Gasteiger partial charge on any atom is -0.495 e. The average Bonchev–Trinajstić information content (AvgIpc) is 2.13. The summed E-state index contributed by atoms with van der Waals surface area (Å²) in [4.78, 5) is 10.8. The molecule has 0 fully saturated rings. The molecule has 0 aliphatic rings. The number of hydrogen-bond donors (Lipinski definition) is 0. The minimum absolute atomic E-state index is 0.00755. The van der Waals surface area contributed by atoms with Gasteiger partial charge >= 0.3 is 0 Å². The van der Waals surface area contributed by atoms with E-state index in [9.17, 15) is 4.79 Å². The van der Waals surface area contributed by atoms with Gasteiger partial charge in [0.25, 0.3) is 0 Å². The molecule has 1 rings (SSSR count). The molecule has 0 bridgehead atoms. The Bertz CT molecular complexity index is 411. The molecule has 1 aromatic rings. The molecular formula is C11H10Br2O2.